The zero-order chi connectivity index (χ0) is 30.1. The van der Waals surface area contributed by atoms with E-state index in [1.165, 1.54) is 49.7 Å². The molecule has 3 N–H and O–H groups in total. The monoisotopic (exact) mass is 584 g/mol. The molecular formula is C31H25ClN4O6. The van der Waals surface area contributed by atoms with Crippen molar-refractivity contribution in [3.8, 4) is 11.5 Å². The molecule has 0 aromatic heterocycles. The second-order valence-corrected chi connectivity index (χ2v) is 9.27. The Bertz CT molecular complexity index is 1670. The molecule has 0 aliphatic rings. The molecule has 4 aromatic carbocycles. The van der Waals surface area contributed by atoms with E-state index in [1.54, 1.807) is 36.4 Å². The van der Waals surface area contributed by atoms with Crippen LogP contribution in [-0.2, 0) is 9.59 Å². The van der Waals surface area contributed by atoms with Crippen LogP contribution in [0.4, 0.5) is 11.4 Å². The van der Waals surface area contributed by atoms with Gasteiger partial charge in [-0.25, -0.2) is 10.2 Å². The molecule has 0 spiro atoms. The van der Waals surface area contributed by atoms with Crippen LogP contribution in [0.15, 0.2) is 96.1 Å². The molecule has 0 heterocycles. The predicted octanol–water partition coefficient (Wildman–Crippen LogP) is 5.22. The Labute approximate surface area is 246 Å². The van der Waals surface area contributed by atoms with Gasteiger partial charge in [0, 0.05) is 10.7 Å². The van der Waals surface area contributed by atoms with Crippen LogP contribution in [-0.4, -0.2) is 37.0 Å². The number of hydrogen-bond acceptors (Lipinski definition) is 7. The average Bonchev–Trinajstić information content (AvgIpc) is 2.98. The number of para-hydroxylation sites is 1. The van der Waals surface area contributed by atoms with Gasteiger partial charge >= 0.3 is 17.8 Å². The minimum absolute atomic E-state index is 0.153. The number of esters is 1. The van der Waals surface area contributed by atoms with E-state index in [-0.39, 0.29) is 22.7 Å². The van der Waals surface area contributed by atoms with Gasteiger partial charge in [0.15, 0.2) is 11.5 Å². The van der Waals surface area contributed by atoms with E-state index in [1.807, 2.05) is 25.1 Å². The minimum atomic E-state index is -1.05. The number of halogens is 1. The van der Waals surface area contributed by atoms with E-state index >= 15 is 0 Å². The molecule has 0 aliphatic heterocycles. The number of carbonyl (C=O) groups excluding carboxylic acids is 4. The number of nitrogens with zero attached hydrogens (tertiary/aromatic N) is 1. The Morgan fingerprint density at radius 3 is 2.31 bits per heavy atom. The molecule has 11 heteroatoms. The van der Waals surface area contributed by atoms with Crippen LogP contribution < -0.4 is 25.5 Å². The zero-order valence-electron chi connectivity index (χ0n) is 22.5. The standard InChI is InChI=1S/C31H25ClN4O6/c1-19-6-5-7-23(16-19)34-28(37)24-8-3-4-9-25(24)35-29(38)30(39)36-33-18-20-10-15-26(27(17-20)41-2)42-31(40)21-11-13-22(32)14-12-21/h3-18H,1-2H3,(H,34,37)(H,35,38)(H,36,39)/b33-18+. The van der Waals surface area contributed by atoms with Gasteiger partial charge in [0.1, 0.15) is 0 Å². The smallest absolute Gasteiger partial charge is 0.343 e. The minimum Gasteiger partial charge on any atom is -0.493 e. The number of hydrogen-bond donors (Lipinski definition) is 3. The van der Waals surface area contributed by atoms with Gasteiger partial charge in [-0.3, -0.25) is 14.4 Å². The molecule has 10 nitrogen and oxygen atoms in total. The summed E-state index contributed by atoms with van der Waals surface area (Å²) in [5, 5.41) is 9.50. The first-order chi connectivity index (χ1) is 20.2. The highest BCUT2D eigenvalue weighted by atomic mass is 35.5. The molecule has 4 aromatic rings. The van der Waals surface area contributed by atoms with Gasteiger partial charge in [-0.2, -0.15) is 5.10 Å². The number of rotatable bonds is 8. The van der Waals surface area contributed by atoms with Gasteiger partial charge in [-0.1, -0.05) is 35.9 Å². The number of amides is 3. The number of hydrazone groups is 1. The van der Waals surface area contributed by atoms with Gasteiger partial charge in [0.2, 0.25) is 0 Å². The van der Waals surface area contributed by atoms with Crippen molar-refractivity contribution in [1.29, 1.82) is 0 Å². The van der Waals surface area contributed by atoms with Crippen molar-refractivity contribution in [2.24, 2.45) is 5.10 Å². The molecule has 3 amide bonds. The molecule has 0 unspecified atom stereocenters. The number of nitrogens with one attached hydrogen (secondary N) is 3. The fourth-order valence-corrected chi connectivity index (χ4v) is 3.83. The zero-order valence-corrected chi connectivity index (χ0v) is 23.3. The third kappa shape index (κ3) is 7.80. The Hall–Kier alpha value is -5.48. The highest BCUT2D eigenvalue weighted by Gasteiger charge is 2.18. The quantitative estimate of drug-likeness (QED) is 0.0854. The highest BCUT2D eigenvalue weighted by molar-refractivity contribution is 6.40. The number of carbonyl (C=O) groups is 4. The van der Waals surface area contributed by atoms with Crippen LogP contribution in [0.3, 0.4) is 0 Å². The van der Waals surface area contributed by atoms with Crippen LogP contribution in [0.2, 0.25) is 5.02 Å². The van der Waals surface area contributed by atoms with Crippen molar-refractivity contribution in [3.63, 3.8) is 0 Å². The lowest BCUT2D eigenvalue weighted by Gasteiger charge is -2.11. The molecule has 0 fully saturated rings. The summed E-state index contributed by atoms with van der Waals surface area (Å²) in [6.07, 6.45) is 1.28. The van der Waals surface area contributed by atoms with Crippen LogP contribution >= 0.6 is 11.6 Å². The van der Waals surface area contributed by atoms with Gasteiger partial charge in [0.25, 0.3) is 5.91 Å². The summed E-state index contributed by atoms with van der Waals surface area (Å²) in [4.78, 5) is 50.1. The lowest BCUT2D eigenvalue weighted by Crippen LogP contribution is -2.33. The van der Waals surface area contributed by atoms with Crippen molar-refractivity contribution >= 4 is 52.9 Å². The third-order valence-electron chi connectivity index (χ3n) is 5.75. The first-order valence-corrected chi connectivity index (χ1v) is 12.9. The first-order valence-electron chi connectivity index (χ1n) is 12.5. The molecule has 0 atom stereocenters. The molecule has 4 rings (SSSR count). The number of methoxy groups -OCH3 is 1. The largest absolute Gasteiger partial charge is 0.493 e. The Balaban J connectivity index is 1.36. The summed E-state index contributed by atoms with van der Waals surface area (Å²) in [5.41, 5.74) is 4.82. The molecule has 0 aliphatic carbocycles. The first kappa shape index (κ1) is 29.5. The highest BCUT2D eigenvalue weighted by Crippen LogP contribution is 2.28. The third-order valence-corrected chi connectivity index (χ3v) is 6.00. The number of ether oxygens (including phenoxy) is 2. The van der Waals surface area contributed by atoms with E-state index in [9.17, 15) is 19.2 Å². The Morgan fingerprint density at radius 1 is 0.810 bits per heavy atom. The van der Waals surface area contributed by atoms with E-state index in [2.05, 4.69) is 21.2 Å². The predicted molar refractivity (Wildman–Crippen MR) is 159 cm³/mol. The van der Waals surface area contributed by atoms with Gasteiger partial charge in [-0.15, -0.1) is 0 Å². The molecule has 0 radical (unpaired) electrons. The van der Waals surface area contributed by atoms with Crippen LogP contribution in [0, 0.1) is 6.92 Å². The molecule has 0 saturated carbocycles. The van der Waals surface area contributed by atoms with Crippen molar-refractivity contribution < 1.29 is 28.7 Å². The van der Waals surface area contributed by atoms with Crippen molar-refractivity contribution in [3.05, 3.63) is 118 Å². The summed E-state index contributed by atoms with van der Waals surface area (Å²) in [6, 6.07) is 24.4. The number of benzene rings is 4. The van der Waals surface area contributed by atoms with E-state index in [0.29, 0.717) is 21.8 Å². The maximum Gasteiger partial charge on any atom is 0.343 e. The second kappa shape index (κ2) is 13.7. The van der Waals surface area contributed by atoms with Crippen LogP contribution in [0.25, 0.3) is 0 Å². The Morgan fingerprint density at radius 2 is 1.57 bits per heavy atom. The second-order valence-electron chi connectivity index (χ2n) is 8.83. The van der Waals surface area contributed by atoms with Gasteiger partial charge in [0.05, 0.1) is 30.1 Å². The SMILES string of the molecule is COc1cc(/C=N/NC(=O)C(=O)Nc2ccccc2C(=O)Nc2cccc(C)c2)ccc1OC(=O)c1ccc(Cl)cc1. The molecular weight excluding hydrogens is 560 g/mol. The summed E-state index contributed by atoms with van der Waals surface area (Å²) in [6.45, 7) is 1.90. The maximum atomic E-state index is 12.8. The van der Waals surface area contributed by atoms with E-state index < -0.39 is 23.7 Å². The van der Waals surface area contributed by atoms with Crippen LogP contribution in [0.1, 0.15) is 31.8 Å². The van der Waals surface area contributed by atoms with Gasteiger partial charge in [-0.05, 0) is 84.8 Å². The fourth-order valence-electron chi connectivity index (χ4n) is 3.70. The molecule has 212 valence electrons. The topological polar surface area (TPSA) is 135 Å². The summed E-state index contributed by atoms with van der Waals surface area (Å²) in [7, 11) is 1.40. The fraction of sp³-hybridized carbons (Fsp3) is 0.0645. The molecule has 0 saturated heterocycles. The Kier molecular flexibility index (Phi) is 9.65. The number of anilines is 2. The van der Waals surface area contributed by atoms with E-state index in [0.717, 1.165) is 5.56 Å². The summed E-state index contributed by atoms with van der Waals surface area (Å²) in [5.74, 6) is -2.72. The maximum absolute atomic E-state index is 12.8. The lowest BCUT2D eigenvalue weighted by atomic mass is 10.1. The van der Waals surface area contributed by atoms with Crippen molar-refractivity contribution in [2.75, 3.05) is 17.7 Å². The van der Waals surface area contributed by atoms with E-state index in [4.69, 9.17) is 21.1 Å². The molecule has 0 bridgehead atoms. The number of aryl methyl sites for hydroxylation is 1. The van der Waals surface area contributed by atoms with Crippen molar-refractivity contribution in [2.45, 2.75) is 6.92 Å². The van der Waals surface area contributed by atoms with Crippen LogP contribution in [0.5, 0.6) is 11.5 Å². The summed E-state index contributed by atoms with van der Waals surface area (Å²) >= 11 is 5.86. The lowest BCUT2D eigenvalue weighted by molar-refractivity contribution is -0.136. The summed E-state index contributed by atoms with van der Waals surface area (Å²) < 4.78 is 10.7. The average molecular weight is 585 g/mol. The molecule has 42 heavy (non-hydrogen) atoms. The van der Waals surface area contributed by atoms with Gasteiger partial charge < -0.3 is 20.1 Å². The normalized spacial score (nSPS) is 10.5. The van der Waals surface area contributed by atoms with Crippen molar-refractivity contribution in [1.82, 2.24) is 5.43 Å².